The quantitative estimate of drug-likeness (QED) is 0.809. The van der Waals surface area contributed by atoms with Crippen LogP contribution in [0.25, 0.3) is 0 Å². The molecule has 3 rings (SSSR count). The van der Waals surface area contributed by atoms with Crippen LogP contribution in [0.2, 0.25) is 0 Å². The molecule has 1 N–H and O–H groups in total. The molecule has 0 amide bonds. The standard InChI is InChI=1S/C20H26N2O3S/c1-16-5-10-19(25-2)20(15-16)26(23,24)21-12-11-17-6-8-18(9-7-17)22-13-3-4-14-22/h5-10,15,21H,3-4,11-14H2,1-2H3. The topological polar surface area (TPSA) is 58.6 Å². The van der Waals surface area contributed by atoms with Gasteiger partial charge in [-0.2, -0.15) is 0 Å². The summed E-state index contributed by atoms with van der Waals surface area (Å²) in [5, 5.41) is 0. The molecular formula is C20H26N2O3S. The maximum atomic E-state index is 12.6. The van der Waals surface area contributed by atoms with Gasteiger partial charge in [0.05, 0.1) is 7.11 Å². The van der Waals surface area contributed by atoms with Gasteiger partial charge >= 0.3 is 0 Å². The Hall–Kier alpha value is -2.05. The number of hydrogen-bond acceptors (Lipinski definition) is 4. The molecule has 6 heteroatoms. The van der Waals surface area contributed by atoms with E-state index in [4.69, 9.17) is 4.74 Å². The van der Waals surface area contributed by atoms with E-state index in [-0.39, 0.29) is 4.90 Å². The van der Waals surface area contributed by atoms with Crippen LogP contribution in [0.3, 0.4) is 0 Å². The second-order valence-corrected chi connectivity index (χ2v) is 8.40. The third kappa shape index (κ3) is 4.37. The van der Waals surface area contributed by atoms with Crippen molar-refractivity contribution in [2.75, 3.05) is 31.6 Å². The maximum absolute atomic E-state index is 12.6. The average molecular weight is 375 g/mol. The molecule has 0 radical (unpaired) electrons. The second kappa shape index (κ2) is 8.10. The number of aryl methyl sites for hydroxylation is 1. The van der Waals surface area contributed by atoms with Gasteiger partial charge in [-0.05, 0) is 61.6 Å². The van der Waals surface area contributed by atoms with Crippen LogP contribution in [0, 0.1) is 6.92 Å². The summed E-state index contributed by atoms with van der Waals surface area (Å²) in [7, 11) is -2.12. The Labute approximate surface area is 156 Å². The lowest BCUT2D eigenvalue weighted by Gasteiger charge is -2.17. The van der Waals surface area contributed by atoms with E-state index in [0.29, 0.717) is 18.7 Å². The second-order valence-electron chi connectivity index (χ2n) is 6.66. The lowest BCUT2D eigenvalue weighted by molar-refractivity contribution is 0.402. The minimum Gasteiger partial charge on any atom is -0.495 e. The highest BCUT2D eigenvalue weighted by molar-refractivity contribution is 7.89. The summed E-state index contributed by atoms with van der Waals surface area (Å²) < 4.78 is 33.0. The zero-order valence-corrected chi connectivity index (χ0v) is 16.2. The van der Waals surface area contributed by atoms with Crippen molar-refractivity contribution in [1.29, 1.82) is 0 Å². The van der Waals surface area contributed by atoms with Gasteiger partial charge in [0, 0.05) is 25.3 Å². The van der Waals surface area contributed by atoms with Crippen LogP contribution in [-0.4, -0.2) is 35.2 Å². The first-order chi connectivity index (χ1) is 12.5. The van der Waals surface area contributed by atoms with Crippen LogP contribution in [0.5, 0.6) is 5.75 Å². The molecule has 1 fully saturated rings. The predicted molar refractivity (Wildman–Crippen MR) is 105 cm³/mol. The molecule has 0 saturated carbocycles. The number of rotatable bonds is 7. The number of nitrogens with zero attached hydrogens (tertiary/aromatic N) is 1. The van der Waals surface area contributed by atoms with E-state index >= 15 is 0 Å². The predicted octanol–water partition coefficient (Wildman–Crippen LogP) is 3.12. The van der Waals surface area contributed by atoms with Gasteiger partial charge in [0.25, 0.3) is 0 Å². The third-order valence-corrected chi connectivity index (χ3v) is 6.20. The lowest BCUT2D eigenvalue weighted by Crippen LogP contribution is -2.26. The molecule has 140 valence electrons. The Morgan fingerprint density at radius 1 is 1.08 bits per heavy atom. The van der Waals surface area contributed by atoms with Crippen molar-refractivity contribution >= 4 is 15.7 Å². The van der Waals surface area contributed by atoms with Gasteiger partial charge < -0.3 is 9.64 Å². The van der Waals surface area contributed by atoms with Crippen molar-refractivity contribution < 1.29 is 13.2 Å². The molecule has 0 aliphatic carbocycles. The van der Waals surface area contributed by atoms with Crippen LogP contribution >= 0.6 is 0 Å². The van der Waals surface area contributed by atoms with Gasteiger partial charge in [-0.15, -0.1) is 0 Å². The van der Waals surface area contributed by atoms with Gasteiger partial charge in [-0.25, -0.2) is 13.1 Å². The molecule has 5 nitrogen and oxygen atoms in total. The van der Waals surface area contributed by atoms with Gasteiger partial charge in [-0.3, -0.25) is 0 Å². The van der Waals surface area contributed by atoms with Crippen molar-refractivity contribution in [1.82, 2.24) is 4.72 Å². The molecule has 0 atom stereocenters. The summed E-state index contributed by atoms with van der Waals surface area (Å²) in [6, 6.07) is 13.6. The van der Waals surface area contributed by atoms with Gasteiger partial charge in [0.1, 0.15) is 10.6 Å². The van der Waals surface area contributed by atoms with E-state index in [0.717, 1.165) is 24.2 Å². The average Bonchev–Trinajstić information content (AvgIpc) is 3.17. The Bertz CT molecular complexity index is 842. The Morgan fingerprint density at radius 2 is 1.77 bits per heavy atom. The lowest BCUT2D eigenvalue weighted by atomic mass is 10.1. The van der Waals surface area contributed by atoms with Gasteiger partial charge in [0.15, 0.2) is 0 Å². The summed E-state index contributed by atoms with van der Waals surface area (Å²) in [6.45, 7) is 4.46. The van der Waals surface area contributed by atoms with E-state index in [1.165, 1.54) is 25.6 Å². The minimum absolute atomic E-state index is 0.185. The Balaban J connectivity index is 1.61. The first kappa shape index (κ1) is 18.7. The normalized spacial score (nSPS) is 14.6. The van der Waals surface area contributed by atoms with Crippen LogP contribution in [0.1, 0.15) is 24.0 Å². The monoisotopic (exact) mass is 374 g/mol. The Kier molecular flexibility index (Phi) is 5.84. The first-order valence-electron chi connectivity index (χ1n) is 8.98. The molecule has 1 aliphatic rings. The molecule has 1 heterocycles. The molecule has 2 aromatic rings. The smallest absolute Gasteiger partial charge is 0.244 e. The zero-order chi connectivity index (χ0) is 18.6. The summed E-state index contributed by atoms with van der Waals surface area (Å²) in [4.78, 5) is 2.57. The molecule has 2 aromatic carbocycles. The van der Waals surface area contributed by atoms with Crippen LogP contribution in [0.15, 0.2) is 47.4 Å². The summed E-state index contributed by atoms with van der Waals surface area (Å²) in [5.74, 6) is 0.359. The van der Waals surface area contributed by atoms with E-state index in [9.17, 15) is 8.42 Å². The number of methoxy groups -OCH3 is 1. The van der Waals surface area contributed by atoms with Crippen molar-refractivity contribution in [2.45, 2.75) is 31.1 Å². The van der Waals surface area contributed by atoms with E-state index in [1.807, 2.05) is 13.0 Å². The van der Waals surface area contributed by atoms with Gasteiger partial charge in [-0.1, -0.05) is 18.2 Å². The van der Waals surface area contributed by atoms with Crippen LogP contribution < -0.4 is 14.4 Å². The van der Waals surface area contributed by atoms with Crippen molar-refractivity contribution in [3.8, 4) is 5.75 Å². The van der Waals surface area contributed by atoms with Crippen molar-refractivity contribution in [3.05, 3.63) is 53.6 Å². The fourth-order valence-electron chi connectivity index (χ4n) is 3.25. The molecule has 1 saturated heterocycles. The summed E-state index contributed by atoms with van der Waals surface area (Å²) in [5.41, 5.74) is 3.24. The number of ether oxygens (including phenoxy) is 1. The number of hydrogen-bond donors (Lipinski definition) is 1. The number of anilines is 1. The Morgan fingerprint density at radius 3 is 2.42 bits per heavy atom. The molecule has 0 aromatic heterocycles. The highest BCUT2D eigenvalue weighted by Crippen LogP contribution is 2.24. The maximum Gasteiger partial charge on any atom is 0.244 e. The third-order valence-electron chi connectivity index (χ3n) is 4.72. The molecule has 0 spiro atoms. The number of benzene rings is 2. The number of nitrogens with one attached hydrogen (secondary N) is 1. The van der Waals surface area contributed by atoms with Crippen molar-refractivity contribution in [2.24, 2.45) is 0 Å². The van der Waals surface area contributed by atoms with Gasteiger partial charge in [0.2, 0.25) is 10.0 Å². The number of sulfonamides is 1. The molecule has 0 unspecified atom stereocenters. The summed E-state index contributed by atoms with van der Waals surface area (Å²) in [6.07, 6.45) is 3.16. The zero-order valence-electron chi connectivity index (χ0n) is 15.4. The molecule has 26 heavy (non-hydrogen) atoms. The largest absolute Gasteiger partial charge is 0.495 e. The van der Waals surface area contributed by atoms with Crippen molar-refractivity contribution in [3.63, 3.8) is 0 Å². The minimum atomic E-state index is -3.60. The van der Waals surface area contributed by atoms with E-state index in [2.05, 4.69) is 33.9 Å². The fraction of sp³-hybridized carbons (Fsp3) is 0.400. The van der Waals surface area contributed by atoms with Crippen LogP contribution in [-0.2, 0) is 16.4 Å². The molecular weight excluding hydrogens is 348 g/mol. The van der Waals surface area contributed by atoms with E-state index in [1.54, 1.807) is 12.1 Å². The molecule has 0 bridgehead atoms. The highest BCUT2D eigenvalue weighted by atomic mass is 32.2. The fourth-order valence-corrected chi connectivity index (χ4v) is 4.53. The van der Waals surface area contributed by atoms with Crippen LogP contribution in [0.4, 0.5) is 5.69 Å². The van der Waals surface area contributed by atoms with E-state index < -0.39 is 10.0 Å². The first-order valence-corrected chi connectivity index (χ1v) is 10.5. The summed E-state index contributed by atoms with van der Waals surface area (Å²) >= 11 is 0. The molecule has 1 aliphatic heterocycles. The SMILES string of the molecule is COc1ccc(C)cc1S(=O)(=O)NCCc1ccc(N2CCCC2)cc1. The highest BCUT2D eigenvalue weighted by Gasteiger charge is 2.19.